The molecule has 1 aromatic heterocycles. The first kappa shape index (κ1) is 13.5. The Morgan fingerprint density at radius 3 is 2.79 bits per heavy atom. The molecule has 0 aliphatic heterocycles. The number of hydrazone groups is 1. The van der Waals surface area contributed by atoms with E-state index in [0.29, 0.717) is 5.69 Å². The van der Waals surface area contributed by atoms with Crippen molar-refractivity contribution >= 4 is 28.1 Å². The van der Waals surface area contributed by atoms with Gasteiger partial charge in [0.25, 0.3) is 5.91 Å². The number of benzene rings is 1. The van der Waals surface area contributed by atoms with Gasteiger partial charge in [0.05, 0.1) is 6.21 Å². The van der Waals surface area contributed by atoms with Crippen LogP contribution in [-0.4, -0.2) is 17.1 Å². The second-order valence-corrected chi connectivity index (χ2v) is 5.21. The van der Waals surface area contributed by atoms with Gasteiger partial charge in [-0.1, -0.05) is 23.8 Å². The predicted octanol–water partition coefficient (Wildman–Crippen LogP) is 3.16. The fraction of sp³-hybridized carbons (Fsp3) is 0.143. The molecule has 1 amide bonds. The lowest BCUT2D eigenvalue weighted by atomic mass is 10.1. The Morgan fingerprint density at radius 2 is 2.16 bits per heavy atom. The summed E-state index contributed by atoms with van der Waals surface area (Å²) < 4.78 is 0.830. The zero-order valence-electron chi connectivity index (χ0n) is 10.7. The van der Waals surface area contributed by atoms with Gasteiger partial charge in [-0.3, -0.25) is 4.79 Å². The molecule has 0 saturated carbocycles. The van der Waals surface area contributed by atoms with E-state index in [-0.39, 0.29) is 5.91 Å². The fourth-order valence-electron chi connectivity index (χ4n) is 1.69. The number of carbonyl (C=O) groups excluding carboxylic acids is 1. The maximum atomic E-state index is 11.7. The number of rotatable bonds is 3. The summed E-state index contributed by atoms with van der Waals surface area (Å²) in [6, 6.07) is 7.76. The molecule has 1 heterocycles. The third-order valence-corrected chi connectivity index (χ3v) is 3.15. The molecule has 2 rings (SSSR count). The molecular formula is C14H14BrN3O. The van der Waals surface area contributed by atoms with Crippen LogP contribution < -0.4 is 5.43 Å². The summed E-state index contributed by atoms with van der Waals surface area (Å²) in [6.07, 6.45) is 3.34. The largest absolute Gasteiger partial charge is 0.356 e. The molecule has 5 heteroatoms. The van der Waals surface area contributed by atoms with Crippen LogP contribution in [0.3, 0.4) is 0 Å². The molecule has 1 aromatic carbocycles. The molecule has 0 aliphatic carbocycles. The summed E-state index contributed by atoms with van der Waals surface area (Å²) in [6.45, 7) is 4.05. The summed E-state index contributed by atoms with van der Waals surface area (Å²) in [5, 5.41) is 3.96. The van der Waals surface area contributed by atoms with Crippen LogP contribution in [0.2, 0.25) is 0 Å². The Hall–Kier alpha value is -1.88. The van der Waals surface area contributed by atoms with E-state index in [1.165, 1.54) is 5.56 Å². The first-order chi connectivity index (χ1) is 9.06. The van der Waals surface area contributed by atoms with Crippen molar-refractivity contribution in [2.75, 3.05) is 0 Å². The van der Waals surface area contributed by atoms with E-state index in [2.05, 4.69) is 37.5 Å². The van der Waals surface area contributed by atoms with Crippen molar-refractivity contribution in [2.24, 2.45) is 5.10 Å². The van der Waals surface area contributed by atoms with E-state index >= 15 is 0 Å². The number of nitrogens with zero attached hydrogens (tertiary/aromatic N) is 1. The van der Waals surface area contributed by atoms with Crippen LogP contribution in [0.5, 0.6) is 0 Å². The second-order valence-electron chi connectivity index (χ2n) is 4.29. The van der Waals surface area contributed by atoms with Crippen molar-refractivity contribution in [2.45, 2.75) is 13.8 Å². The molecule has 2 aromatic rings. The lowest BCUT2D eigenvalue weighted by molar-refractivity contribution is 0.0951. The lowest BCUT2D eigenvalue weighted by Gasteiger charge is -2.01. The monoisotopic (exact) mass is 319 g/mol. The lowest BCUT2D eigenvalue weighted by Crippen LogP contribution is -2.17. The van der Waals surface area contributed by atoms with Gasteiger partial charge in [-0.15, -0.1) is 0 Å². The van der Waals surface area contributed by atoms with Crippen LogP contribution in [-0.2, 0) is 0 Å². The zero-order chi connectivity index (χ0) is 13.8. The van der Waals surface area contributed by atoms with Crippen LogP contribution in [0.25, 0.3) is 0 Å². The molecule has 4 nitrogen and oxygen atoms in total. The van der Waals surface area contributed by atoms with Crippen molar-refractivity contribution in [1.29, 1.82) is 0 Å². The first-order valence-electron chi connectivity index (χ1n) is 5.81. The van der Waals surface area contributed by atoms with Crippen molar-refractivity contribution in [3.8, 4) is 0 Å². The molecule has 0 spiro atoms. The minimum Gasteiger partial charge on any atom is -0.356 e. The summed E-state index contributed by atoms with van der Waals surface area (Å²) in [4.78, 5) is 14.6. The standard InChI is InChI=1S/C14H14BrN3O/c1-9-3-4-11(10(2)5-9)7-17-18-14(19)13-6-12(15)8-16-13/h3-8,16H,1-2H3,(H,18,19)/b17-7-. The molecule has 0 aliphatic rings. The van der Waals surface area contributed by atoms with Gasteiger partial charge in [0.15, 0.2) is 0 Å². The average molecular weight is 320 g/mol. The number of aromatic nitrogens is 1. The number of carbonyl (C=O) groups is 1. The smallest absolute Gasteiger partial charge is 0.287 e. The van der Waals surface area contributed by atoms with E-state index in [9.17, 15) is 4.79 Å². The number of hydrogen-bond acceptors (Lipinski definition) is 2. The van der Waals surface area contributed by atoms with Crippen molar-refractivity contribution in [1.82, 2.24) is 10.4 Å². The minimum atomic E-state index is -0.272. The molecule has 0 atom stereocenters. The van der Waals surface area contributed by atoms with Gasteiger partial charge in [0, 0.05) is 10.7 Å². The summed E-state index contributed by atoms with van der Waals surface area (Å²) in [7, 11) is 0. The molecule has 0 radical (unpaired) electrons. The maximum Gasteiger partial charge on any atom is 0.287 e. The molecule has 2 N–H and O–H groups in total. The Kier molecular flexibility index (Phi) is 4.16. The Morgan fingerprint density at radius 1 is 1.37 bits per heavy atom. The average Bonchev–Trinajstić information content (AvgIpc) is 2.78. The quantitative estimate of drug-likeness (QED) is 0.662. The number of halogens is 1. The third kappa shape index (κ3) is 3.54. The SMILES string of the molecule is Cc1ccc(/C=N\NC(=O)c2cc(Br)c[nH]2)c(C)c1. The van der Waals surface area contributed by atoms with Gasteiger partial charge in [-0.2, -0.15) is 5.10 Å². The molecular weight excluding hydrogens is 306 g/mol. The zero-order valence-corrected chi connectivity index (χ0v) is 12.3. The van der Waals surface area contributed by atoms with E-state index in [0.717, 1.165) is 15.6 Å². The molecule has 0 fully saturated rings. The van der Waals surface area contributed by atoms with E-state index in [1.54, 1.807) is 18.5 Å². The number of nitrogens with one attached hydrogen (secondary N) is 2. The molecule has 0 bridgehead atoms. The van der Waals surface area contributed by atoms with Gasteiger partial charge in [0.1, 0.15) is 5.69 Å². The Balaban J connectivity index is 2.02. The van der Waals surface area contributed by atoms with Crippen molar-refractivity contribution in [3.05, 3.63) is 57.3 Å². The number of H-pyrrole nitrogens is 1. The number of aromatic amines is 1. The van der Waals surface area contributed by atoms with Crippen molar-refractivity contribution in [3.63, 3.8) is 0 Å². The highest BCUT2D eigenvalue weighted by Gasteiger charge is 2.05. The topological polar surface area (TPSA) is 57.2 Å². The number of amides is 1. The molecule has 0 saturated heterocycles. The predicted molar refractivity (Wildman–Crippen MR) is 79.5 cm³/mol. The van der Waals surface area contributed by atoms with Gasteiger partial charge in [0.2, 0.25) is 0 Å². The van der Waals surface area contributed by atoms with E-state index in [1.807, 2.05) is 26.0 Å². The third-order valence-electron chi connectivity index (χ3n) is 2.69. The highest BCUT2D eigenvalue weighted by atomic mass is 79.9. The van der Waals surface area contributed by atoms with Crippen LogP contribution in [0.4, 0.5) is 0 Å². The highest BCUT2D eigenvalue weighted by Crippen LogP contribution is 2.10. The summed E-state index contributed by atoms with van der Waals surface area (Å²) >= 11 is 3.27. The summed E-state index contributed by atoms with van der Waals surface area (Å²) in [5.74, 6) is -0.272. The minimum absolute atomic E-state index is 0.272. The van der Waals surface area contributed by atoms with Crippen LogP contribution in [0, 0.1) is 13.8 Å². The first-order valence-corrected chi connectivity index (χ1v) is 6.60. The Bertz CT molecular complexity index is 631. The second kappa shape index (κ2) is 5.84. The van der Waals surface area contributed by atoms with Gasteiger partial charge >= 0.3 is 0 Å². The molecule has 0 unspecified atom stereocenters. The van der Waals surface area contributed by atoms with E-state index in [4.69, 9.17) is 0 Å². The Labute approximate surface area is 120 Å². The highest BCUT2D eigenvalue weighted by molar-refractivity contribution is 9.10. The maximum absolute atomic E-state index is 11.7. The number of aryl methyl sites for hydroxylation is 2. The van der Waals surface area contributed by atoms with Crippen LogP contribution in [0.1, 0.15) is 27.2 Å². The van der Waals surface area contributed by atoms with Gasteiger partial charge in [-0.05, 0) is 47.0 Å². The molecule has 19 heavy (non-hydrogen) atoms. The fourth-order valence-corrected chi connectivity index (χ4v) is 2.03. The van der Waals surface area contributed by atoms with E-state index < -0.39 is 0 Å². The normalized spacial score (nSPS) is 10.9. The van der Waals surface area contributed by atoms with Gasteiger partial charge in [-0.25, -0.2) is 5.43 Å². The van der Waals surface area contributed by atoms with Crippen LogP contribution >= 0.6 is 15.9 Å². The molecule has 98 valence electrons. The van der Waals surface area contributed by atoms with Crippen molar-refractivity contribution < 1.29 is 4.79 Å². The summed E-state index contributed by atoms with van der Waals surface area (Å²) in [5.41, 5.74) is 6.26. The number of hydrogen-bond donors (Lipinski definition) is 2. The van der Waals surface area contributed by atoms with Gasteiger partial charge < -0.3 is 4.98 Å². The van der Waals surface area contributed by atoms with Crippen LogP contribution in [0.15, 0.2) is 40.0 Å².